The molecule has 1 N–H and O–H groups in total. The van der Waals surface area contributed by atoms with Gasteiger partial charge in [-0.1, -0.05) is 100 Å². The van der Waals surface area contributed by atoms with E-state index in [1.54, 1.807) is 0 Å². The molecule has 45 heavy (non-hydrogen) atoms. The topological polar surface area (TPSA) is 63.8 Å². The maximum Gasteiger partial charge on any atom is 0.144 e. The lowest BCUT2D eigenvalue weighted by atomic mass is 9.79. The Balaban J connectivity index is 1.74. The van der Waals surface area contributed by atoms with Crippen LogP contribution in [0.3, 0.4) is 0 Å². The third-order valence-electron chi connectivity index (χ3n) is 8.86. The Bertz CT molecular complexity index is 1890. The van der Waals surface area contributed by atoms with E-state index in [2.05, 4.69) is 135 Å². The van der Waals surface area contributed by atoms with Crippen molar-refractivity contribution in [3.8, 4) is 39.5 Å². The molecule has 5 rings (SSSR count). The molecule has 0 aliphatic rings. The van der Waals surface area contributed by atoms with E-state index in [1.807, 2.05) is 19.4 Å². The molecule has 0 unspecified atom stereocenters. The van der Waals surface area contributed by atoms with Gasteiger partial charge >= 0.3 is 0 Å². The Hall–Kier alpha value is -3.77. The maximum atomic E-state index is 11.7. The summed E-state index contributed by atoms with van der Waals surface area (Å²) >= 11 is 0. The number of pyridine rings is 2. The maximum absolute atomic E-state index is 11.7. The van der Waals surface area contributed by atoms with Gasteiger partial charge in [0.2, 0.25) is 0 Å². The van der Waals surface area contributed by atoms with Crippen LogP contribution in [0, 0.1) is 0 Å². The Kier molecular flexibility index (Phi) is 7.93. The van der Waals surface area contributed by atoms with E-state index >= 15 is 0 Å². The number of benzene rings is 2. The van der Waals surface area contributed by atoms with Gasteiger partial charge in [0.1, 0.15) is 17.1 Å². The number of phenolic OH excluding ortho intramolecular Hbond substituents is 1. The molecule has 0 atom stereocenters. The minimum atomic E-state index is -1.45. The van der Waals surface area contributed by atoms with Gasteiger partial charge in [-0.3, -0.25) is 9.97 Å². The Morgan fingerprint density at radius 1 is 0.689 bits per heavy atom. The third kappa shape index (κ3) is 6.35. The standard InChI is InChI=1S/C39H50N4OSi/c1-37(2,3)26-17-24(16-25(18-26)32-15-14-28(21-41-32)45(11,12)13)30-22-40-23-33-34(30)42-36(43(33)10)29-19-27(38(4,5)6)20-31(35(29)44)39(7,8)9/h14-23,44H,1-13H3. The molecule has 0 aliphatic heterocycles. The van der Waals surface area contributed by atoms with E-state index in [0.29, 0.717) is 0 Å². The lowest BCUT2D eigenvalue weighted by Crippen LogP contribution is -2.37. The Morgan fingerprint density at radius 2 is 1.31 bits per heavy atom. The molecule has 0 radical (unpaired) electrons. The summed E-state index contributed by atoms with van der Waals surface area (Å²) in [5.41, 5.74) is 9.50. The zero-order chi connectivity index (χ0) is 33.3. The van der Waals surface area contributed by atoms with Crippen LogP contribution in [0.2, 0.25) is 19.6 Å². The number of phenols is 1. The van der Waals surface area contributed by atoms with Crippen molar-refractivity contribution in [1.29, 1.82) is 0 Å². The summed E-state index contributed by atoms with van der Waals surface area (Å²) in [6.07, 6.45) is 5.84. The predicted molar refractivity (Wildman–Crippen MR) is 193 cm³/mol. The summed E-state index contributed by atoms with van der Waals surface area (Å²) in [5, 5.41) is 13.0. The lowest BCUT2D eigenvalue weighted by molar-refractivity contribution is 0.446. The van der Waals surface area contributed by atoms with Gasteiger partial charge in [0.25, 0.3) is 0 Å². The molecular weight excluding hydrogens is 569 g/mol. The zero-order valence-electron chi connectivity index (χ0n) is 29.5. The number of hydrogen-bond acceptors (Lipinski definition) is 4. The van der Waals surface area contributed by atoms with Gasteiger partial charge < -0.3 is 9.67 Å². The first-order chi connectivity index (χ1) is 20.7. The van der Waals surface area contributed by atoms with E-state index in [4.69, 9.17) is 15.0 Å². The fraction of sp³-hybridized carbons (Fsp3) is 0.410. The highest BCUT2D eigenvalue weighted by Crippen LogP contribution is 2.43. The van der Waals surface area contributed by atoms with Crippen LogP contribution in [-0.2, 0) is 23.3 Å². The molecule has 5 nitrogen and oxygen atoms in total. The van der Waals surface area contributed by atoms with Crippen LogP contribution < -0.4 is 5.19 Å². The molecule has 0 bridgehead atoms. The van der Waals surface area contributed by atoms with Crippen molar-refractivity contribution in [2.75, 3.05) is 0 Å². The summed E-state index contributed by atoms with van der Waals surface area (Å²) < 4.78 is 2.06. The first kappa shape index (κ1) is 32.6. The number of aromatic nitrogens is 4. The molecular formula is C39H50N4OSi. The van der Waals surface area contributed by atoms with Crippen LogP contribution in [0.15, 0.2) is 61.1 Å². The van der Waals surface area contributed by atoms with E-state index in [0.717, 1.165) is 50.4 Å². The van der Waals surface area contributed by atoms with E-state index in [1.165, 1.54) is 16.3 Å². The number of rotatable bonds is 4. The smallest absolute Gasteiger partial charge is 0.144 e. The van der Waals surface area contributed by atoms with Gasteiger partial charge in [0.15, 0.2) is 0 Å². The predicted octanol–water partition coefficient (Wildman–Crippen LogP) is 9.51. The number of imidazole rings is 1. The highest BCUT2D eigenvalue weighted by molar-refractivity contribution is 6.88. The number of aromatic hydroxyl groups is 1. The number of fused-ring (bicyclic) bond motifs is 1. The average Bonchev–Trinajstić information content (AvgIpc) is 3.27. The van der Waals surface area contributed by atoms with Gasteiger partial charge in [-0.05, 0) is 62.4 Å². The summed E-state index contributed by atoms with van der Waals surface area (Å²) in [6, 6.07) is 15.4. The van der Waals surface area contributed by atoms with E-state index < -0.39 is 8.07 Å². The van der Waals surface area contributed by atoms with Crippen molar-refractivity contribution in [3.05, 3.63) is 77.7 Å². The highest BCUT2D eigenvalue weighted by atomic mass is 28.3. The Labute approximate surface area is 270 Å². The van der Waals surface area contributed by atoms with Crippen LogP contribution in [0.5, 0.6) is 5.75 Å². The number of nitrogens with zero attached hydrogens (tertiary/aromatic N) is 4. The Morgan fingerprint density at radius 3 is 1.87 bits per heavy atom. The van der Waals surface area contributed by atoms with Crippen molar-refractivity contribution in [3.63, 3.8) is 0 Å². The molecule has 2 aromatic carbocycles. The van der Waals surface area contributed by atoms with Gasteiger partial charge in [-0.25, -0.2) is 4.98 Å². The molecule has 0 spiro atoms. The zero-order valence-corrected chi connectivity index (χ0v) is 30.5. The minimum Gasteiger partial charge on any atom is -0.507 e. The summed E-state index contributed by atoms with van der Waals surface area (Å²) in [4.78, 5) is 14.9. The SMILES string of the molecule is Cn1c(-c2cc(C(C)(C)C)cc(C(C)(C)C)c2O)nc2c(-c3cc(-c4ccc([Si](C)(C)C)cn4)cc(C(C)(C)C)c3)cncc21. The molecule has 0 amide bonds. The molecule has 0 saturated heterocycles. The van der Waals surface area contributed by atoms with Gasteiger partial charge in [0, 0.05) is 36.1 Å². The van der Waals surface area contributed by atoms with Crippen LogP contribution >= 0.6 is 0 Å². The van der Waals surface area contributed by atoms with Crippen molar-refractivity contribution < 1.29 is 5.11 Å². The van der Waals surface area contributed by atoms with Crippen LogP contribution in [0.1, 0.15) is 79.0 Å². The second-order valence-electron chi connectivity index (χ2n) is 16.7. The second kappa shape index (κ2) is 10.9. The number of aryl methyl sites for hydroxylation is 1. The van der Waals surface area contributed by atoms with Gasteiger partial charge in [-0.2, -0.15) is 0 Å². The second-order valence-corrected chi connectivity index (χ2v) is 21.8. The molecule has 3 heterocycles. The van der Waals surface area contributed by atoms with Crippen molar-refractivity contribution in [1.82, 2.24) is 19.5 Å². The largest absolute Gasteiger partial charge is 0.507 e. The summed E-state index contributed by atoms with van der Waals surface area (Å²) in [6.45, 7) is 26.8. The summed E-state index contributed by atoms with van der Waals surface area (Å²) in [5.74, 6) is 1.01. The summed E-state index contributed by atoms with van der Waals surface area (Å²) in [7, 11) is 0.556. The van der Waals surface area contributed by atoms with Crippen LogP contribution in [0.25, 0.3) is 44.8 Å². The molecule has 0 fully saturated rings. The quantitative estimate of drug-likeness (QED) is 0.204. The molecule has 0 saturated carbocycles. The van der Waals surface area contributed by atoms with Crippen molar-refractivity contribution >= 4 is 24.3 Å². The molecule has 236 valence electrons. The molecule has 5 aromatic rings. The van der Waals surface area contributed by atoms with Crippen LogP contribution in [-0.4, -0.2) is 32.7 Å². The number of hydrogen-bond donors (Lipinski definition) is 1. The fourth-order valence-corrected chi connectivity index (χ4v) is 6.77. The lowest BCUT2D eigenvalue weighted by Gasteiger charge is -2.27. The van der Waals surface area contributed by atoms with E-state index in [-0.39, 0.29) is 22.0 Å². The minimum absolute atomic E-state index is 0.0673. The van der Waals surface area contributed by atoms with Gasteiger partial charge in [-0.15, -0.1) is 0 Å². The molecule has 3 aromatic heterocycles. The first-order valence-electron chi connectivity index (χ1n) is 16.0. The van der Waals surface area contributed by atoms with Crippen molar-refractivity contribution in [2.24, 2.45) is 7.05 Å². The third-order valence-corrected chi connectivity index (χ3v) is 10.9. The van der Waals surface area contributed by atoms with Crippen molar-refractivity contribution in [2.45, 2.75) is 98.2 Å². The molecule has 6 heteroatoms. The highest BCUT2D eigenvalue weighted by Gasteiger charge is 2.28. The average molecular weight is 619 g/mol. The monoisotopic (exact) mass is 618 g/mol. The molecule has 0 aliphatic carbocycles. The van der Waals surface area contributed by atoms with Gasteiger partial charge in [0.05, 0.1) is 31.0 Å². The normalized spacial score (nSPS) is 13.1. The first-order valence-corrected chi connectivity index (χ1v) is 19.5. The fourth-order valence-electron chi connectivity index (χ4n) is 5.73. The van der Waals surface area contributed by atoms with E-state index in [9.17, 15) is 5.11 Å². The van der Waals surface area contributed by atoms with Crippen LogP contribution in [0.4, 0.5) is 0 Å².